The van der Waals surface area contributed by atoms with Crippen LogP contribution in [0.3, 0.4) is 0 Å². The van der Waals surface area contributed by atoms with Crippen LogP contribution in [0.25, 0.3) is 0 Å². The number of para-hydroxylation sites is 1. The van der Waals surface area contributed by atoms with Crippen LogP contribution in [0.15, 0.2) is 24.3 Å². The van der Waals surface area contributed by atoms with Gasteiger partial charge in [0.05, 0.1) is 0 Å². The summed E-state index contributed by atoms with van der Waals surface area (Å²) < 4.78 is 0. The quantitative estimate of drug-likeness (QED) is 0.799. The van der Waals surface area contributed by atoms with Crippen LogP contribution in [-0.2, 0) is 6.54 Å². The SMILES string of the molecule is CCN(c1ccccc1CNC)C(C)CN(C)C. The minimum Gasteiger partial charge on any atom is -0.368 e. The normalized spacial score (nSPS) is 12.8. The molecule has 0 radical (unpaired) electrons. The molecule has 0 fully saturated rings. The maximum Gasteiger partial charge on any atom is 0.0414 e. The Morgan fingerprint density at radius 3 is 2.44 bits per heavy atom. The van der Waals surface area contributed by atoms with Gasteiger partial charge in [0.25, 0.3) is 0 Å². The molecule has 0 aliphatic rings. The maximum atomic E-state index is 3.25. The lowest BCUT2D eigenvalue weighted by Gasteiger charge is -2.33. The average Bonchev–Trinajstić information content (AvgIpc) is 2.31. The molecule has 0 bridgehead atoms. The molecule has 1 aromatic rings. The van der Waals surface area contributed by atoms with E-state index < -0.39 is 0 Å². The maximum absolute atomic E-state index is 3.25. The van der Waals surface area contributed by atoms with Gasteiger partial charge in [-0.3, -0.25) is 0 Å². The lowest BCUT2D eigenvalue weighted by molar-refractivity contribution is 0.372. The monoisotopic (exact) mass is 249 g/mol. The summed E-state index contributed by atoms with van der Waals surface area (Å²) in [5, 5.41) is 3.25. The summed E-state index contributed by atoms with van der Waals surface area (Å²) in [6.45, 7) is 7.54. The molecule has 0 saturated carbocycles. The van der Waals surface area contributed by atoms with E-state index in [0.29, 0.717) is 6.04 Å². The predicted octanol–water partition coefficient (Wildman–Crippen LogP) is 2.18. The van der Waals surface area contributed by atoms with Crippen molar-refractivity contribution >= 4 is 5.69 Å². The molecule has 102 valence electrons. The second-order valence-electron chi connectivity index (χ2n) is 5.06. The molecule has 3 nitrogen and oxygen atoms in total. The molecule has 0 aromatic heterocycles. The molecule has 1 unspecified atom stereocenters. The fourth-order valence-electron chi connectivity index (χ4n) is 2.48. The Bertz CT molecular complexity index is 349. The first-order chi connectivity index (χ1) is 8.60. The van der Waals surface area contributed by atoms with Gasteiger partial charge in [0, 0.05) is 31.4 Å². The van der Waals surface area contributed by atoms with E-state index in [4.69, 9.17) is 0 Å². The third-order valence-electron chi connectivity index (χ3n) is 3.17. The number of likely N-dealkylation sites (N-methyl/N-ethyl adjacent to an activating group) is 2. The third-order valence-corrected chi connectivity index (χ3v) is 3.17. The van der Waals surface area contributed by atoms with Crippen LogP contribution in [0.2, 0.25) is 0 Å². The molecule has 0 saturated heterocycles. The molecule has 0 aliphatic heterocycles. The first kappa shape index (κ1) is 15.0. The largest absolute Gasteiger partial charge is 0.368 e. The highest BCUT2D eigenvalue weighted by Gasteiger charge is 2.15. The molecular weight excluding hydrogens is 222 g/mol. The van der Waals surface area contributed by atoms with Gasteiger partial charge in [-0.15, -0.1) is 0 Å². The molecule has 0 amide bonds. The second kappa shape index (κ2) is 7.39. The van der Waals surface area contributed by atoms with Crippen LogP contribution in [0.4, 0.5) is 5.69 Å². The number of nitrogens with one attached hydrogen (secondary N) is 1. The van der Waals surface area contributed by atoms with Crippen LogP contribution in [-0.4, -0.2) is 45.2 Å². The number of hydrogen-bond donors (Lipinski definition) is 1. The first-order valence-corrected chi connectivity index (χ1v) is 6.74. The van der Waals surface area contributed by atoms with Crippen molar-refractivity contribution in [2.24, 2.45) is 0 Å². The van der Waals surface area contributed by atoms with E-state index >= 15 is 0 Å². The Hall–Kier alpha value is -1.06. The van der Waals surface area contributed by atoms with Crippen LogP contribution < -0.4 is 10.2 Å². The molecular formula is C15H27N3. The second-order valence-corrected chi connectivity index (χ2v) is 5.06. The van der Waals surface area contributed by atoms with Crippen molar-refractivity contribution in [1.29, 1.82) is 0 Å². The Labute approximate surface area is 112 Å². The molecule has 0 aliphatic carbocycles. The summed E-state index contributed by atoms with van der Waals surface area (Å²) >= 11 is 0. The molecule has 3 heteroatoms. The van der Waals surface area contributed by atoms with Gasteiger partial charge in [-0.05, 0) is 46.6 Å². The number of hydrogen-bond acceptors (Lipinski definition) is 3. The minimum absolute atomic E-state index is 0.517. The van der Waals surface area contributed by atoms with Crippen molar-refractivity contribution in [3.8, 4) is 0 Å². The van der Waals surface area contributed by atoms with Crippen molar-refractivity contribution in [2.45, 2.75) is 26.4 Å². The fraction of sp³-hybridized carbons (Fsp3) is 0.600. The zero-order chi connectivity index (χ0) is 13.5. The van der Waals surface area contributed by atoms with E-state index in [2.05, 4.69) is 67.3 Å². The smallest absolute Gasteiger partial charge is 0.0414 e. The van der Waals surface area contributed by atoms with Crippen molar-refractivity contribution < 1.29 is 0 Å². The Morgan fingerprint density at radius 2 is 1.89 bits per heavy atom. The summed E-state index contributed by atoms with van der Waals surface area (Å²) in [4.78, 5) is 4.72. The molecule has 1 rings (SSSR count). The Morgan fingerprint density at radius 1 is 1.22 bits per heavy atom. The number of benzene rings is 1. The summed E-state index contributed by atoms with van der Waals surface area (Å²) in [5.41, 5.74) is 2.72. The molecule has 0 heterocycles. The summed E-state index contributed by atoms with van der Waals surface area (Å²) in [6, 6.07) is 9.18. The molecule has 1 aromatic carbocycles. The van der Waals surface area contributed by atoms with E-state index in [1.165, 1.54) is 11.3 Å². The summed E-state index contributed by atoms with van der Waals surface area (Å²) in [5.74, 6) is 0. The highest BCUT2D eigenvalue weighted by molar-refractivity contribution is 5.54. The molecule has 1 atom stereocenters. The predicted molar refractivity (Wildman–Crippen MR) is 80.2 cm³/mol. The van der Waals surface area contributed by atoms with Crippen molar-refractivity contribution in [3.05, 3.63) is 29.8 Å². The molecule has 1 N–H and O–H groups in total. The van der Waals surface area contributed by atoms with Crippen LogP contribution >= 0.6 is 0 Å². The molecule has 0 spiro atoms. The van der Waals surface area contributed by atoms with E-state index in [0.717, 1.165) is 19.6 Å². The van der Waals surface area contributed by atoms with E-state index in [-0.39, 0.29) is 0 Å². The molecule has 18 heavy (non-hydrogen) atoms. The highest BCUT2D eigenvalue weighted by Crippen LogP contribution is 2.22. The Kier molecular flexibility index (Phi) is 6.16. The van der Waals surface area contributed by atoms with E-state index in [1.807, 2.05) is 7.05 Å². The van der Waals surface area contributed by atoms with Gasteiger partial charge < -0.3 is 15.1 Å². The van der Waals surface area contributed by atoms with E-state index in [1.54, 1.807) is 0 Å². The number of nitrogens with zero attached hydrogens (tertiary/aromatic N) is 2. The van der Waals surface area contributed by atoms with Crippen molar-refractivity contribution in [1.82, 2.24) is 10.2 Å². The van der Waals surface area contributed by atoms with Gasteiger partial charge in [0.2, 0.25) is 0 Å². The Balaban J connectivity index is 2.93. The number of rotatable bonds is 7. The van der Waals surface area contributed by atoms with Crippen molar-refractivity contribution in [2.75, 3.05) is 39.1 Å². The standard InChI is InChI=1S/C15H27N3/c1-6-18(13(2)12-17(4)5)15-10-8-7-9-14(15)11-16-3/h7-10,13,16H,6,11-12H2,1-5H3. The topological polar surface area (TPSA) is 18.5 Å². The first-order valence-electron chi connectivity index (χ1n) is 6.74. The fourth-order valence-corrected chi connectivity index (χ4v) is 2.48. The van der Waals surface area contributed by atoms with E-state index in [9.17, 15) is 0 Å². The highest BCUT2D eigenvalue weighted by atomic mass is 15.2. The minimum atomic E-state index is 0.517. The van der Waals surface area contributed by atoms with Gasteiger partial charge in [-0.25, -0.2) is 0 Å². The third kappa shape index (κ3) is 4.00. The average molecular weight is 249 g/mol. The van der Waals surface area contributed by atoms with Gasteiger partial charge in [0.15, 0.2) is 0 Å². The van der Waals surface area contributed by atoms with Gasteiger partial charge in [-0.2, -0.15) is 0 Å². The van der Waals surface area contributed by atoms with Gasteiger partial charge >= 0.3 is 0 Å². The summed E-state index contributed by atoms with van der Waals surface area (Å²) in [7, 11) is 6.25. The number of anilines is 1. The van der Waals surface area contributed by atoms with Crippen LogP contribution in [0, 0.1) is 0 Å². The lowest BCUT2D eigenvalue weighted by Crippen LogP contribution is -2.40. The van der Waals surface area contributed by atoms with Crippen LogP contribution in [0.5, 0.6) is 0 Å². The zero-order valence-corrected chi connectivity index (χ0v) is 12.4. The van der Waals surface area contributed by atoms with Gasteiger partial charge in [-0.1, -0.05) is 18.2 Å². The zero-order valence-electron chi connectivity index (χ0n) is 12.4. The van der Waals surface area contributed by atoms with Crippen molar-refractivity contribution in [3.63, 3.8) is 0 Å². The van der Waals surface area contributed by atoms with Crippen LogP contribution in [0.1, 0.15) is 19.4 Å². The summed E-state index contributed by atoms with van der Waals surface area (Å²) in [6.07, 6.45) is 0. The lowest BCUT2D eigenvalue weighted by atomic mass is 10.1. The van der Waals surface area contributed by atoms with Gasteiger partial charge in [0.1, 0.15) is 0 Å².